The Morgan fingerprint density at radius 1 is 0.615 bits per heavy atom. The molecule has 2 atom stereocenters. The van der Waals surface area contributed by atoms with E-state index in [-0.39, 0.29) is 17.4 Å². The highest BCUT2D eigenvalue weighted by atomic mass is 15.2. The van der Waals surface area contributed by atoms with Crippen LogP contribution >= 0.6 is 0 Å². The van der Waals surface area contributed by atoms with Gasteiger partial charge in [-0.05, 0) is 108 Å². The summed E-state index contributed by atoms with van der Waals surface area (Å²) in [5, 5.41) is 2.60. The van der Waals surface area contributed by atoms with E-state index in [2.05, 4.69) is 180 Å². The lowest BCUT2D eigenvalue weighted by Crippen LogP contribution is -2.35. The Morgan fingerprint density at radius 3 is 2.13 bits per heavy atom. The summed E-state index contributed by atoms with van der Waals surface area (Å²) in [7, 11) is 0. The Hall–Kier alpha value is -5.80. The fourth-order valence-corrected chi connectivity index (χ4v) is 9.77. The predicted octanol–water partition coefficient (Wildman–Crippen LogP) is 12.3. The number of para-hydroxylation sites is 2. The van der Waals surface area contributed by atoms with Crippen molar-refractivity contribution in [1.82, 2.24) is 4.57 Å². The molecule has 3 aliphatic heterocycles. The zero-order chi connectivity index (χ0) is 34.6. The molecular weight excluding hydrogens is 631 g/mol. The second-order valence-electron chi connectivity index (χ2n) is 15.6. The van der Waals surface area contributed by atoms with Crippen molar-refractivity contribution < 1.29 is 0 Å². The van der Waals surface area contributed by atoms with Gasteiger partial charge in [0.15, 0.2) is 0 Å². The van der Waals surface area contributed by atoms with Crippen molar-refractivity contribution >= 4 is 44.9 Å². The average Bonchev–Trinajstić information content (AvgIpc) is 3.29. The van der Waals surface area contributed by atoms with Crippen LogP contribution in [-0.4, -0.2) is 10.6 Å². The molecule has 3 nitrogen and oxygen atoms in total. The minimum absolute atomic E-state index is 0.175. The van der Waals surface area contributed by atoms with E-state index in [1.165, 1.54) is 83.8 Å². The van der Waals surface area contributed by atoms with E-state index in [4.69, 9.17) is 0 Å². The molecule has 11 rings (SSSR count). The van der Waals surface area contributed by atoms with E-state index < -0.39 is 0 Å². The van der Waals surface area contributed by atoms with Gasteiger partial charge in [0.25, 0.3) is 0 Å². The fraction of sp³-hybridized carbons (Fsp3) is 0.184. The molecule has 3 heteroatoms. The number of benzene rings is 4. The Kier molecular flexibility index (Phi) is 6.38. The number of rotatable bonds is 2. The second kappa shape index (κ2) is 11.1. The molecule has 4 aromatic carbocycles. The van der Waals surface area contributed by atoms with Crippen molar-refractivity contribution in [3.05, 3.63) is 185 Å². The van der Waals surface area contributed by atoms with Crippen LogP contribution in [0.25, 0.3) is 33.6 Å². The summed E-state index contributed by atoms with van der Waals surface area (Å²) in [5.41, 5.74) is 16.8. The molecule has 0 fully saturated rings. The lowest BCUT2D eigenvalue weighted by atomic mass is 9.74. The molecule has 252 valence electrons. The smallest absolute Gasteiger partial charge is 0.0623 e. The number of allylic oxidation sites excluding steroid dienone is 10. The van der Waals surface area contributed by atoms with Crippen molar-refractivity contribution in [3.63, 3.8) is 0 Å². The topological polar surface area (TPSA) is 11.4 Å². The molecule has 0 radical (unpaired) electrons. The van der Waals surface area contributed by atoms with E-state index in [0.29, 0.717) is 0 Å². The Morgan fingerprint density at radius 2 is 1.33 bits per heavy atom. The van der Waals surface area contributed by atoms with Gasteiger partial charge in [0.05, 0.1) is 22.8 Å². The van der Waals surface area contributed by atoms with E-state index >= 15 is 0 Å². The summed E-state index contributed by atoms with van der Waals surface area (Å²) in [5.74, 6) is 0.278. The first-order valence-electron chi connectivity index (χ1n) is 19.0. The summed E-state index contributed by atoms with van der Waals surface area (Å²) in [6, 6.07) is 30.4. The van der Waals surface area contributed by atoms with Gasteiger partial charge in [-0.15, -0.1) is 0 Å². The van der Waals surface area contributed by atoms with Crippen LogP contribution in [-0.2, 0) is 5.41 Å². The second-order valence-corrected chi connectivity index (χ2v) is 15.6. The van der Waals surface area contributed by atoms with Gasteiger partial charge in [-0.2, -0.15) is 0 Å². The van der Waals surface area contributed by atoms with E-state index in [1.807, 2.05) is 0 Å². The summed E-state index contributed by atoms with van der Waals surface area (Å²) < 4.78 is 2.55. The van der Waals surface area contributed by atoms with Crippen LogP contribution in [0.5, 0.6) is 0 Å². The molecule has 3 aliphatic carbocycles. The first-order valence-corrected chi connectivity index (χ1v) is 19.0. The quantitative estimate of drug-likeness (QED) is 0.185. The van der Waals surface area contributed by atoms with Crippen molar-refractivity contribution in [1.29, 1.82) is 0 Å². The zero-order valence-electron chi connectivity index (χ0n) is 29.8. The SMILES string of the molecule is CC1(C)c2ccccc2-n2c3ccc(N4C5=C(C=CC6=C4C=CCC6)CCC=C5)cc3c3cc(N4c5ccccc5C=CC5C=CC=CC54)cc1c32. The third-order valence-corrected chi connectivity index (χ3v) is 12.3. The van der Waals surface area contributed by atoms with Crippen LogP contribution in [0.1, 0.15) is 56.2 Å². The van der Waals surface area contributed by atoms with Gasteiger partial charge in [-0.25, -0.2) is 0 Å². The van der Waals surface area contributed by atoms with Gasteiger partial charge < -0.3 is 14.4 Å². The molecule has 0 bridgehead atoms. The van der Waals surface area contributed by atoms with Gasteiger partial charge in [0.2, 0.25) is 0 Å². The van der Waals surface area contributed by atoms with Crippen molar-refractivity contribution in [2.45, 2.75) is 51.0 Å². The summed E-state index contributed by atoms with van der Waals surface area (Å²) in [4.78, 5) is 5.15. The monoisotopic (exact) mass is 671 g/mol. The summed E-state index contributed by atoms with van der Waals surface area (Å²) in [6.07, 6.45) is 32.3. The molecule has 4 heterocycles. The molecule has 0 saturated heterocycles. The van der Waals surface area contributed by atoms with Crippen LogP contribution in [0.2, 0.25) is 0 Å². The maximum absolute atomic E-state index is 2.61. The molecule has 0 spiro atoms. The number of hydrogen-bond acceptors (Lipinski definition) is 2. The first kappa shape index (κ1) is 29.9. The summed E-state index contributed by atoms with van der Waals surface area (Å²) in [6.45, 7) is 4.83. The van der Waals surface area contributed by atoms with Crippen LogP contribution in [0.15, 0.2) is 168 Å². The maximum atomic E-state index is 2.61. The third-order valence-electron chi connectivity index (χ3n) is 12.3. The highest BCUT2D eigenvalue weighted by Crippen LogP contribution is 2.51. The normalized spacial score (nSPS) is 22.0. The van der Waals surface area contributed by atoms with E-state index in [9.17, 15) is 0 Å². The number of nitrogens with zero attached hydrogens (tertiary/aromatic N) is 3. The van der Waals surface area contributed by atoms with E-state index in [0.717, 1.165) is 25.7 Å². The van der Waals surface area contributed by atoms with E-state index in [1.54, 1.807) is 0 Å². The van der Waals surface area contributed by atoms with Crippen LogP contribution in [0.3, 0.4) is 0 Å². The lowest BCUT2D eigenvalue weighted by molar-refractivity contribution is 0.628. The van der Waals surface area contributed by atoms with Crippen LogP contribution in [0, 0.1) is 5.92 Å². The first-order chi connectivity index (χ1) is 25.6. The molecule has 0 saturated carbocycles. The Bertz CT molecular complexity index is 2580. The van der Waals surface area contributed by atoms with Crippen molar-refractivity contribution in [2.24, 2.45) is 5.92 Å². The molecule has 2 unspecified atom stereocenters. The highest BCUT2D eigenvalue weighted by Gasteiger charge is 2.38. The fourth-order valence-electron chi connectivity index (χ4n) is 9.77. The van der Waals surface area contributed by atoms with Crippen LogP contribution in [0.4, 0.5) is 17.1 Å². The number of hydrogen-bond donors (Lipinski definition) is 0. The molecule has 6 aliphatic rings. The Labute approximate surface area is 305 Å². The molecule has 52 heavy (non-hydrogen) atoms. The summed E-state index contributed by atoms with van der Waals surface area (Å²) >= 11 is 0. The van der Waals surface area contributed by atoms with Gasteiger partial charge in [0, 0.05) is 50.6 Å². The maximum Gasteiger partial charge on any atom is 0.0623 e. The molecule has 0 N–H and O–H groups in total. The minimum Gasteiger partial charge on any atom is -0.333 e. The van der Waals surface area contributed by atoms with Crippen molar-refractivity contribution in [3.8, 4) is 5.69 Å². The van der Waals surface area contributed by atoms with Gasteiger partial charge >= 0.3 is 0 Å². The predicted molar refractivity (Wildman–Crippen MR) is 219 cm³/mol. The number of aromatic nitrogens is 1. The zero-order valence-corrected chi connectivity index (χ0v) is 29.8. The number of fused-ring (bicyclic) bond motifs is 7. The minimum atomic E-state index is -0.195. The molecule has 5 aromatic rings. The highest BCUT2D eigenvalue weighted by molar-refractivity contribution is 6.14. The molecule has 1 aromatic heterocycles. The average molecular weight is 672 g/mol. The van der Waals surface area contributed by atoms with Gasteiger partial charge in [-0.1, -0.05) is 111 Å². The molecular formula is C49H41N3. The van der Waals surface area contributed by atoms with Crippen LogP contribution < -0.4 is 9.80 Å². The van der Waals surface area contributed by atoms with Gasteiger partial charge in [-0.3, -0.25) is 0 Å². The standard InChI is InChI=1S/C49H41N3/c1-49(2)40-17-7-12-22-47(40)52-46-28-27-36(50-42-18-8-3-13-32(42)23-24-33-14-4-9-19-43(33)50)29-38(46)39-30-37(31-41(49)48(39)52)51-44-20-10-5-15-34(44)25-26-35-16-6-11-21-45(35)51/h5-12,15-31,34,44H,3-4,13-14H2,1-2H3. The number of anilines is 3. The largest absolute Gasteiger partial charge is 0.333 e. The Balaban J connectivity index is 1.22. The van der Waals surface area contributed by atoms with Gasteiger partial charge in [0.1, 0.15) is 0 Å². The third kappa shape index (κ3) is 4.20. The van der Waals surface area contributed by atoms with Crippen molar-refractivity contribution in [2.75, 3.05) is 9.80 Å². The molecule has 0 amide bonds. The lowest BCUT2D eigenvalue weighted by Gasteiger charge is -2.38.